The van der Waals surface area contributed by atoms with E-state index in [-0.39, 0.29) is 36.4 Å². The Hall–Kier alpha value is -2.24. The van der Waals surface area contributed by atoms with Crippen LogP contribution in [0.2, 0.25) is 0 Å². The van der Waals surface area contributed by atoms with Crippen molar-refractivity contribution < 1.29 is 19.1 Å². The lowest BCUT2D eigenvalue weighted by molar-refractivity contribution is -0.120. The second-order valence-electron chi connectivity index (χ2n) is 8.41. The zero-order valence-corrected chi connectivity index (χ0v) is 21.7. The molecule has 31 heavy (non-hydrogen) atoms. The molecule has 2 amide bonds. The molecule has 9 nitrogen and oxygen atoms in total. The Balaban J connectivity index is 0.00000900. The number of amides is 2. The third-order valence-electron chi connectivity index (χ3n) is 3.83. The number of hydrogen-bond acceptors (Lipinski definition) is 5. The molecule has 1 aromatic rings. The number of alkyl carbamates (subject to hydrolysis) is 1. The summed E-state index contributed by atoms with van der Waals surface area (Å²) < 4.78 is 10.4. The van der Waals surface area contributed by atoms with Gasteiger partial charge >= 0.3 is 6.09 Å². The average Bonchev–Trinajstić information content (AvgIpc) is 2.64. The van der Waals surface area contributed by atoms with Crippen LogP contribution in [-0.4, -0.2) is 56.3 Å². The predicted octanol–water partition coefficient (Wildman–Crippen LogP) is 2.40. The number of nitrogens with one attached hydrogen (secondary N) is 4. The number of carbonyl (C=O) groups is 2. The molecule has 0 radical (unpaired) electrons. The van der Waals surface area contributed by atoms with Gasteiger partial charge in [0.05, 0.1) is 19.2 Å². The first-order valence-electron chi connectivity index (χ1n) is 9.79. The van der Waals surface area contributed by atoms with Crippen LogP contribution in [0.4, 0.5) is 4.79 Å². The van der Waals surface area contributed by atoms with Gasteiger partial charge in [-0.1, -0.05) is 12.1 Å². The minimum Gasteiger partial charge on any atom is -0.497 e. The molecule has 10 heteroatoms. The lowest BCUT2D eigenvalue weighted by Gasteiger charge is -2.29. The van der Waals surface area contributed by atoms with Crippen LogP contribution in [0.15, 0.2) is 29.3 Å². The Morgan fingerprint density at radius 1 is 1.00 bits per heavy atom. The molecule has 0 heterocycles. The smallest absolute Gasteiger partial charge is 0.408 e. The van der Waals surface area contributed by atoms with Crippen LogP contribution in [0.3, 0.4) is 0 Å². The van der Waals surface area contributed by atoms with Gasteiger partial charge in [0.25, 0.3) is 0 Å². The zero-order valence-electron chi connectivity index (χ0n) is 19.4. The van der Waals surface area contributed by atoms with Gasteiger partial charge in [0.1, 0.15) is 11.4 Å². The lowest BCUT2D eigenvalue weighted by atomic mass is 10.1. The maximum absolute atomic E-state index is 12.1. The maximum atomic E-state index is 12.1. The molecule has 0 saturated heterocycles. The number of nitrogens with zero attached hydrogens (tertiary/aromatic N) is 1. The van der Waals surface area contributed by atoms with Crippen LogP contribution in [0.5, 0.6) is 5.75 Å². The Kier molecular flexibility index (Phi) is 12.3. The van der Waals surface area contributed by atoms with Gasteiger partial charge in [-0.25, -0.2) is 4.79 Å². The molecule has 0 bridgehead atoms. The molecule has 1 rings (SSSR count). The number of guanidine groups is 1. The summed E-state index contributed by atoms with van der Waals surface area (Å²) in [5, 5.41) is 11.7. The number of aliphatic imine (C=N–C) groups is 1. The van der Waals surface area contributed by atoms with E-state index in [0.717, 1.165) is 11.3 Å². The molecule has 0 atom stereocenters. The first-order valence-corrected chi connectivity index (χ1v) is 9.79. The number of hydrogen-bond donors (Lipinski definition) is 4. The summed E-state index contributed by atoms with van der Waals surface area (Å²) in [6, 6.07) is 7.48. The predicted molar refractivity (Wildman–Crippen MR) is 133 cm³/mol. The van der Waals surface area contributed by atoms with Crippen LogP contribution in [0, 0.1) is 0 Å². The van der Waals surface area contributed by atoms with Crippen molar-refractivity contribution in [3.05, 3.63) is 29.8 Å². The van der Waals surface area contributed by atoms with Crippen molar-refractivity contribution in [2.24, 2.45) is 4.99 Å². The van der Waals surface area contributed by atoms with E-state index in [4.69, 9.17) is 9.47 Å². The monoisotopic (exact) mass is 549 g/mol. The summed E-state index contributed by atoms with van der Waals surface area (Å²) in [7, 11) is 3.22. The number of halogens is 1. The molecule has 0 aliphatic carbocycles. The Morgan fingerprint density at radius 3 is 2.13 bits per heavy atom. The highest BCUT2D eigenvalue weighted by Crippen LogP contribution is 2.11. The van der Waals surface area contributed by atoms with Gasteiger partial charge in [0, 0.05) is 20.1 Å². The van der Waals surface area contributed by atoms with E-state index in [2.05, 4.69) is 26.3 Å². The maximum Gasteiger partial charge on any atom is 0.408 e. The second-order valence-corrected chi connectivity index (χ2v) is 8.41. The van der Waals surface area contributed by atoms with E-state index in [9.17, 15) is 9.59 Å². The molecule has 176 valence electrons. The fraction of sp³-hybridized carbons (Fsp3) is 0.571. The Morgan fingerprint density at radius 2 is 1.61 bits per heavy atom. The van der Waals surface area contributed by atoms with Crippen LogP contribution < -0.4 is 26.0 Å². The van der Waals surface area contributed by atoms with E-state index in [1.165, 1.54) is 0 Å². The van der Waals surface area contributed by atoms with Crippen molar-refractivity contribution >= 4 is 41.9 Å². The molecule has 0 aliphatic rings. The molecule has 4 N–H and O–H groups in total. The minimum absolute atomic E-state index is 0. The summed E-state index contributed by atoms with van der Waals surface area (Å²) in [6.07, 6.45) is -0.491. The number of methoxy groups -OCH3 is 1. The molecular weight excluding hydrogens is 513 g/mol. The summed E-state index contributed by atoms with van der Waals surface area (Å²) in [4.78, 5) is 28.1. The van der Waals surface area contributed by atoms with Crippen molar-refractivity contribution in [3.8, 4) is 5.75 Å². The third kappa shape index (κ3) is 12.9. The Labute approximate surface area is 202 Å². The van der Waals surface area contributed by atoms with Gasteiger partial charge in [-0.3, -0.25) is 9.79 Å². The van der Waals surface area contributed by atoms with Gasteiger partial charge in [-0.05, 0) is 52.3 Å². The zero-order chi connectivity index (χ0) is 22.8. The van der Waals surface area contributed by atoms with E-state index in [1.54, 1.807) is 14.2 Å². The van der Waals surface area contributed by atoms with Crippen molar-refractivity contribution in [3.63, 3.8) is 0 Å². The van der Waals surface area contributed by atoms with Crippen LogP contribution in [0.1, 0.15) is 40.2 Å². The van der Waals surface area contributed by atoms with E-state index in [1.807, 2.05) is 58.9 Å². The van der Waals surface area contributed by atoms with Crippen LogP contribution in [-0.2, 0) is 16.1 Å². The van der Waals surface area contributed by atoms with E-state index in [0.29, 0.717) is 19.0 Å². The van der Waals surface area contributed by atoms with E-state index >= 15 is 0 Å². The van der Waals surface area contributed by atoms with Crippen molar-refractivity contribution in [2.45, 2.75) is 52.3 Å². The highest BCUT2D eigenvalue weighted by molar-refractivity contribution is 14.0. The first kappa shape index (κ1) is 28.8. The fourth-order valence-corrected chi connectivity index (χ4v) is 2.32. The summed E-state index contributed by atoms with van der Waals surface area (Å²) in [5.74, 6) is 1.05. The van der Waals surface area contributed by atoms with E-state index < -0.39 is 17.2 Å². The molecule has 0 unspecified atom stereocenters. The van der Waals surface area contributed by atoms with Gasteiger partial charge in [-0.15, -0.1) is 24.0 Å². The van der Waals surface area contributed by atoms with Crippen molar-refractivity contribution in [2.75, 3.05) is 27.2 Å². The summed E-state index contributed by atoms with van der Waals surface area (Å²) in [5.41, 5.74) is -0.178. The molecule has 0 fully saturated rings. The van der Waals surface area contributed by atoms with Crippen LogP contribution in [0.25, 0.3) is 0 Å². The number of ether oxygens (including phenoxy) is 2. The highest BCUT2D eigenvalue weighted by Gasteiger charge is 2.24. The SMILES string of the molecule is CN=C(NCC(=O)NCc1ccc(OC)cc1)NCC(C)(C)NC(=O)OC(C)(C)C.I. The van der Waals surface area contributed by atoms with Gasteiger partial charge in [0.2, 0.25) is 5.91 Å². The average molecular weight is 549 g/mol. The van der Waals surface area contributed by atoms with Gasteiger partial charge < -0.3 is 30.7 Å². The standard InChI is InChI=1S/C21H35N5O4.HI/c1-20(2,3)30-19(28)26-21(4,5)14-25-18(22-6)24-13-17(27)23-12-15-8-10-16(29-7)11-9-15;/h8-11H,12-14H2,1-7H3,(H,23,27)(H,26,28)(H2,22,24,25);1H. The lowest BCUT2D eigenvalue weighted by Crippen LogP contribution is -2.54. The highest BCUT2D eigenvalue weighted by atomic mass is 127. The first-order chi connectivity index (χ1) is 13.9. The topological polar surface area (TPSA) is 113 Å². The van der Waals surface area contributed by atoms with Crippen molar-refractivity contribution in [1.82, 2.24) is 21.3 Å². The minimum atomic E-state index is -0.587. The van der Waals surface area contributed by atoms with Crippen LogP contribution >= 0.6 is 24.0 Å². The summed E-state index contributed by atoms with van der Waals surface area (Å²) in [6.45, 7) is 10.0. The molecule has 1 aromatic carbocycles. The number of rotatable bonds is 8. The molecule has 0 aromatic heterocycles. The molecule has 0 aliphatic heterocycles. The molecule has 0 spiro atoms. The molecule has 0 saturated carbocycles. The third-order valence-corrected chi connectivity index (χ3v) is 3.83. The normalized spacial score (nSPS) is 11.6. The fourth-order valence-electron chi connectivity index (χ4n) is 2.32. The number of carbonyl (C=O) groups excluding carboxylic acids is 2. The number of benzene rings is 1. The van der Waals surface area contributed by atoms with Gasteiger partial charge in [0.15, 0.2) is 5.96 Å². The second kappa shape index (κ2) is 13.2. The Bertz CT molecular complexity index is 730. The van der Waals surface area contributed by atoms with Crippen molar-refractivity contribution in [1.29, 1.82) is 0 Å². The van der Waals surface area contributed by atoms with Gasteiger partial charge in [-0.2, -0.15) is 0 Å². The largest absolute Gasteiger partial charge is 0.497 e. The summed E-state index contributed by atoms with van der Waals surface area (Å²) >= 11 is 0. The quantitative estimate of drug-likeness (QED) is 0.225. The molecular formula is C21H36IN5O4.